The van der Waals surface area contributed by atoms with E-state index >= 15 is 0 Å². The van der Waals surface area contributed by atoms with Crippen molar-refractivity contribution in [3.8, 4) is 11.5 Å². The zero-order valence-corrected chi connectivity index (χ0v) is 10.8. The molecule has 0 spiro atoms. The third-order valence-electron chi connectivity index (χ3n) is 2.74. The van der Waals surface area contributed by atoms with Crippen LogP contribution in [-0.4, -0.2) is 14.2 Å². The third kappa shape index (κ3) is 2.59. The largest absolute Gasteiger partial charge is 0.493 e. The summed E-state index contributed by atoms with van der Waals surface area (Å²) in [5.74, 6) is 2.31. The number of anilines is 1. The Balaban J connectivity index is 2.14. The first-order chi connectivity index (χ1) is 8.74. The van der Waals surface area contributed by atoms with Crippen molar-refractivity contribution in [1.29, 1.82) is 0 Å². The molecule has 18 heavy (non-hydrogen) atoms. The van der Waals surface area contributed by atoms with Gasteiger partial charge >= 0.3 is 0 Å². The molecular formula is C14H17NO3. The monoisotopic (exact) mass is 247 g/mol. The van der Waals surface area contributed by atoms with Crippen molar-refractivity contribution in [3.63, 3.8) is 0 Å². The lowest BCUT2D eigenvalue weighted by Crippen LogP contribution is -2.05. The first-order valence-corrected chi connectivity index (χ1v) is 5.76. The fourth-order valence-corrected chi connectivity index (χ4v) is 1.78. The van der Waals surface area contributed by atoms with E-state index in [1.165, 1.54) is 0 Å². The maximum absolute atomic E-state index is 5.35. The Morgan fingerprint density at radius 1 is 1.11 bits per heavy atom. The molecule has 2 rings (SSSR count). The molecule has 0 aliphatic heterocycles. The molecule has 0 fully saturated rings. The van der Waals surface area contributed by atoms with Crippen molar-refractivity contribution in [2.45, 2.75) is 13.0 Å². The van der Waals surface area contributed by atoms with E-state index in [1.54, 1.807) is 20.5 Å². The van der Waals surface area contributed by atoms with Crippen LogP contribution in [0, 0.1) is 0 Å². The van der Waals surface area contributed by atoms with Gasteiger partial charge in [-0.15, -0.1) is 0 Å². The van der Waals surface area contributed by atoms with E-state index in [0.717, 1.165) is 11.4 Å². The fraction of sp³-hybridized carbons (Fsp3) is 0.286. The van der Waals surface area contributed by atoms with Gasteiger partial charge in [-0.3, -0.25) is 0 Å². The quantitative estimate of drug-likeness (QED) is 0.878. The number of methoxy groups -OCH3 is 2. The lowest BCUT2D eigenvalue weighted by atomic mass is 10.2. The minimum absolute atomic E-state index is 0.0955. The fourth-order valence-electron chi connectivity index (χ4n) is 1.78. The summed E-state index contributed by atoms with van der Waals surface area (Å²) in [4.78, 5) is 0. The topological polar surface area (TPSA) is 43.6 Å². The highest BCUT2D eigenvalue weighted by atomic mass is 16.5. The van der Waals surface area contributed by atoms with Gasteiger partial charge in [-0.2, -0.15) is 0 Å². The molecule has 0 bridgehead atoms. The molecule has 1 atom stereocenters. The van der Waals surface area contributed by atoms with Crippen LogP contribution >= 0.6 is 0 Å². The number of hydrogen-bond acceptors (Lipinski definition) is 4. The maximum atomic E-state index is 5.35. The van der Waals surface area contributed by atoms with Crippen molar-refractivity contribution < 1.29 is 13.9 Å². The molecule has 2 aromatic rings. The van der Waals surface area contributed by atoms with Gasteiger partial charge in [0.25, 0.3) is 0 Å². The smallest absolute Gasteiger partial charge is 0.162 e. The van der Waals surface area contributed by atoms with Gasteiger partial charge in [0.2, 0.25) is 0 Å². The predicted octanol–water partition coefficient (Wildman–Crippen LogP) is 3.47. The van der Waals surface area contributed by atoms with Gasteiger partial charge in [0.1, 0.15) is 5.76 Å². The van der Waals surface area contributed by atoms with Crippen molar-refractivity contribution in [3.05, 3.63) is 42.4 Å². The number of nitrogens with one attached hydrogen (secondary N) is 1. The molecule has 1 aromatic carbocycles. The molecule has 4 heteroatoms. The Morgan fingerprint density at radius 3 is 2.50 bits per heavy atom. The van der Waals surface area contributed by atoms with Crippen molar-refractivity contribution in [2.24, 2.45) is 0 Å². The van der Waals surface area contributed by atoms with Crippen molar-refractivity contribution in [2.75, 3.05) is 19.5 Å². The van der Waals surface area contributed by atoms with Gasteiger partial charge in [-0.25, -0.2) is 0 Å². The highest BCUT2D eigenvalue weighted by Gasteiger charge is 2.10. The Bertz CT molecular complexity index is 494. The number of ether oxygens (including phenoxy) is 2. The Kier molecular flexibility index (Phi) is 3.77. The molecule has 1 aromatic heterocycles. The van der Waals surface area contributed by atoms with Crippen LogP contribution in [-0.2, 0) is 0 Å². The summed E-state index contributed by atoms with van der Waals surface area (Å²) in [6.45, 7) is 2.04. The zero-order chi connectivity index (χ0) is 13.0. The first kappa shape index (κ1) is 12.4. The number of rotatable bonds is 5. The molecule has 1 unspecified atom stereocenters. The summed E-state index contributed by atoms with van der Waals surface area (Å²) in [5.41, 5.74) is 0.955. The molecule has 4 nitrogen and oxygen atoms in total. The molecular weight excluding hydrogens is 230 g/mol. The number of hydrogen-bond donors (Lipinski definition) is 1. The molecule has 96 valence electrons. The van der Waals surface area contributed by atoms with Gasteiger partial charge in [0, 0.05) is 11.8 Å². The summed E-state index contributed by atoms with van der Waals surface area (Å²) in [6, 6.07) is 9.63. The zero-order valence-electron chi connectivity index (χ0n) is 10.8. The van der Waals surface area contributed by atoms with E-state index in [2.05, 4.69) is 5.32 Å². The Labute approximate surface area is 107 Å². The Hall–Kier alpha value is -2.10. The highest BCUT2D eigenvalue weighted by Crippen LogP contribution is 2.31. The van der Waals surface area contributed by atoms with Gasteiger partial charge in [0.05, 0.1) is 26.5 Å². The second kappa shape index (κ2) is 5.49. The minimum atomic E-state index is 0.0955. The number of furan rings is 1. The van der Waals surface area contributed by atoms with Crippen molar-refractivity contribution in [1.82, 2.24) is 0 Å². The van der Waals surface area contributed by atoms with Crippen LogP contribution in [0.4, 0.5) is 5.69 Å². The van der Waals surface area contributed by atoms with Crippen LogP contribution < -0.4 is 14.8 Å². The highest BCUT2D eigenvalue weighted by molar-refractivity contribution is 5.55. The predicted molar refractivity (Wildman–Crippen MR) is 70.3 cm³/mol. The van der Waals surface area contributed by atoms with Crippen molar-refractivity contribution >= 4 is 5.69 Å². The van der Waals surface area contributed by atoms with Gasteiger partial charge in [-0.1, -0.05) is 0 Å². The molecule has 0 radical (unpaired) electrons. The average Bonchev–Trinajstić information content (AvgIpc) is 2.92. The molecule has 0 saturated carbocycles. The van der Waals surface area contributed by atoms with E-state index < -0.39 is 0 Å². The molecule has 0 amide bonds. The minimum Gasteiger partial charge on any atom is -0.493 e. The third-order valence-corrected chi connectivity index (χ3v) is 2.74. The summed E-state index contributed by atoms with van der Waals surface area (Å²) in [5, 5.41) is 3.34. The standard InChI is InChI=1S/C14H17NO3/c1-10(12-5-4-8-18-12)15-11-6-7-13(16-2)14(9-11)17-3/h4-10,15H,1-3H3. The lowest BCUT2D eigenvalue weighted by Gasteiger charge is -2.15. The van der Waals surface area contributed by atoms with E-state index in [4.69, 9.17) is 13.9 Å². The molecule has 0 aliphatic carbocycles. The van der Waals surface area contributed by atoms with E-state index in [-0.39, 0.29) is 6.04 Å². The van der Waals surface area contributed by atoms with Gasteiger partial charge < -0.3 is 19.2 Å². The van der Waals surface area contributed by atoms with Crippen LogP contribution in [0.1, 0.15) is 18.7 Å². The summed E-state index contributed by atoms with van der Waals surface area (Å²) >= 11 is 0. The molecule has 1 N–H and O–H groups in total. The molecule has 0 aliphatic rings. The lowest BCUT2D eigenvalue weighted by molar-refractivity contribution is 0.355. The molecule has 1 heterocycles. The van der Waals surface area contributed by atoms with Gasteiger partial charge in [0.15, 0.2) is 11.5 Å². The van der Waals surface area contributed by atoms with Crippen LogP contribution in [0.15, 0.2) is 41.0 Å². The van der Waals surface area contributed by atoms with Gasteiger partial charge in [-0.05, 0) is 31.2 Å². The summed E-state index contributed by atoms with van der Waals surface area (Å²) in [6.07, 6.45) is 1.67. The second-order valence-corrected chi connectivity index (χ2v) is 3.95. The summed E-state index contributed by atoms with van der Waals surface area (Å²) in [7, 11) is 3.24. The number of benzene rings is 1. The van der Waals surface area contributed by atoms with Crippen LogP contribution in [0.2, 0.25) is 0 Å². The first-order valence-electron chi connectivity index (χ1n) is 5.76. The van der Waals surface area contributed by atoms with E-state index in [0.29, 0.717) is 11.5 Å². The maximum Gasteiger partial charge on any atom is 0.162 e. The summed E-state index contributed by atoms with van der Waals surface area (Å²) < 4.78 is 15.8. The van der Waals surface area contributed by atoms with E-state index in [9.17, 15) is 0 Å². The average molecular weight is 247 g/mol. The normalized spacial score (nSPS) is 11.9. The van der Waals surface area contributed by atoms with Crippen LogP contribution in [0.3, 0.4) is 0 Å². The van der Waals surface area contributed by atoms with Crippen LogP contribution in [0.5, 0.6) is 11.5 Å². The second-order valence-electron chi connectivity index (χ2n) is 3.95. The SMILES string of the molecule is COc1ccc(NC(C)c2ccco2)cc1OC. The molecule has 0 saturated heterocycles. The Morgan fingerprint density at radius 2 is 1.89 bits per heavy atom. The van der Waals surface area contributed by atoms with E-state index in [1.807, 2.05) is 37.3 Å². The van der Waals surface area contributed by atoms with Crippen LogP contribution in [0.25, 0.3) is 0 Å².